The minimum atomic E-state index is 0.525. The van der Waals surface area contributed by atoms with Gasteiger partial charge in [0, 0.05) is 7.05 Å². The van der Waals surface area contributed by atoms with Crippen molar-refractivity contribution in [3.05, 3.63) is 83.1 Å². The zero-order chi connectivity index (χ0) is 29.1. The van der Waals surface area contributed by atoms with Gasteiger partial charge in [-0.1, -0.05) is 117 Å². The first-order valence-corrected chi connectivity index (χ1v) is 14.0. The third-order valence-corrected chi connectivity index (χ3v) is 5.09. The van der Waals surface area contributed by atoms with E-state index >= 15 is 0 Å². The predicted octanol–water partition coefficient (Wildman–Crippen LogP) is 10.7. The number of hydrogen-bond donors (Lipinski definition) is 1. The van der Waals surface area contributed by atoms with Crippen LogP contribution in [0.2, 0.25) is 0 Å². The maximum absolute atomic E-state index is 5.93. The van der Waals surface area contributed by atoms with Crippen LogP contribution in [0.1, 0.15) is 113 Å². The first-order chi connectivity index (χ1) is 17.0. The number of nitrogens with zero attached hydrogens (tertiary/aromatic N) is 1. The molecule has 0 aliphatic heterocycles. The summed E-state index contributed by atoms with van der Waals surface area (Å²) in [5, 5.41) is 0. The quantitative estimate of drug-likeness (QED) is 0.205. The van der Waals surface area contributed by atoms with Crippen molar-refractivity contribution in [3.63, 3.8) is 0 Å². The Morgan fingerprint density at radius 3 is 1.56 bits per heavy atom. The molecule has 0 saturated carbocycles. The second-order valence-corrected chi connectivity index (χ2v) is 8.56. The third kappa shape index (κ3) is 24.8. The first-order valence-electron chi connectivity index (χ1n) is 14.0. The maximum Gasteiger partial charge on any atom is 0.0560 e. The minimum Gasteiger partial charge on any atom is -0.397 e. The van der Waals surface area contributed by atoms with Crippen molar-refractivity contribution in [1.29, 1.82) is 0 Å². The van der Waals surface area contributed by atoms with Crippen LogP contribution in [0.4, 0.5) is 0 Å². The molecule has 0 radical (unpaired) electrons. The molecular formula is C34H62N2. The topological polar surface area (TPSA) is 38.4 Å². The van der Waals surface area contributed by atoms with E-state index in [4.69, 9.17) is 5.73 Å². The molecule has 0 saturated heterocycles. The SMILES string of the molecule is C=C(/C=C/C(C)C)/C(C)=C(/N)C(C)=NC.C=C(C)CCCC.CC.CC.CCc1ccc(CC)cc1. The number of hydrogen-bond acceptors (Lipinski definition) is 2. The highest BCUT2D eigenvalue weighted by molar-refractivity contribution is 5.98. The summed E-state index contributed by atoms with van der Waals surface area (Å²) in [6, 6.07) is 8.83. The fourth-order valence-electron chi connectivity index (χ4n) is 2.49. The molecule has 2 nitrogen and oxygen atoms in total. The van der Waals surface area contributed by atoms with Crippen molar-refractivity contribution >= 4 is 5.71 Å². The van der Waals surface area contributed by atoms with Crippen molar-refractivity contribution in [3.8, 4) is 0 Å². The minimum absolute atomic E-state index is 0.525. The van der Waals surface area contributed by atoms with Crippen LogP contribution in [0.15, 0.2) is 77.0 Å². The van der Waals surface area contributed by atoms with Gasteiger partial charge < -0.3 is 5.73 Å². The molecule has 1 aromatic carbocycles. The Bertz CT molecular complexity index is 721. The van der Waals surface area contributed by atoms with E-state index in [1.807, 2.05) is 47.6 Å². The lowest BCUT2D eigenvalue weighted by Gasteiger charge is -2.07. The highest BCUT2D eigenvalue weighted by Crippen LogP contribution is 2.13. The Kier molecular flexibility index (Phi) is 32.7. The molecule has 0 unspecified atom stereocenters. The van der Waals surface area contributed by atoms with Crippen LogP contribution in [0, 0.1) is 5.92 Å². The molecule has 2 heteroatoms. The van der Waals surface area contributed by atoms with Gasteiger partial charge in [-0.25, -0.2) is 0 Å². The van der Waals surface area contributed by atoms with Gasteiger partial charge in [0.2, 0.25) is 0 Å². The number of aryl methyl sites for hydroxylation is 2. The number of unbranched alkanes of at least 4 members (excludes halogenated alkanes) is 1. The molecule has 0 heterocycles. The lowest BCUT2D eigenvalue weighted by Crippen LogP contribution is -2.10. The zero-order valence-electron chi connectivity index (χ0n) is 26.5. The maximum atomic E-state index is 5.93. The van der Waals surface area contributed by atoms with Crippen LogP contribution >= 0.6 is 0 Å². The lowest BCUT2D eigenvalue weighted by molar-refractivity contribution is 0.789. The lowest BCUT2D eigenvalue weighted by atomic mass is 10.0. The summed E-state index contributed by atoms with van der Waals surface area (Å²) in [7, 11) is 1.74. The molecule has 0 fully saturated rings. The molecule has 0 aromatic heterocycles. The Morgan fingerprint density at radius 1 is 0.889 bits per heavy atom. The summed E-state index contributed by atoms with van der Waals surface area (Å²) in [5.41, 5.74) is 13.6. The highest BCUT2D eigenvalue weighted by atomic mass is 14.7. The Balaban J connectivity index is -0.000000211. The van der Waals surface area contributed by atoms with Gasteiger partial charge in [0.05, 0.1) is 11.4 Å². The zero-order valence-corrected chi connectivity index (χ0v) is 26.5. The molecule has 1 aromatic rings. The molecule has 1 rings (SSSR count). The van der Waals surface area contributed by atoms with E-state index in [2.05, 4.69) is 90.0 Å². The van der Waals surface area contributed by atoms with E-state index in [0.29, 0.717) is 5.92 Å². The van der Waals surface area contributed by atoms with Crippen LogP contribution in [0.3, 0.4) is 0 Å². The number of aliphatic imine (C=N–C) groups is 1. The largest absolute Gasteiger partial charge is 0.397 e. The first kappa shape index (κ1) is 40.8. The van der Waals surface area contributed by atoms with Gasteiger partial charge in [-0.15, -0.1) is 6.58 Å². The predicted molar refractivity (Wildman–Crippen MR) is 171 cm³/mol. The molecule has 0 aliphatic carbocycles. The van der Waals surface area contributed by atoms with E-state index in [0.717, 1.165) is 35.4 Å². The molecule has 2 N–H and O–H groups in total. The van der Waals surface area contributed by atoms with E-state index in [9.17, 15) is 0 Å². The van der Waals surface area contributed by atoms with Crippen LogP contribution < -0.4 is 5.73 Å². The smallest absolute Gasteiger partial charge is 0.0560 e. The average Bonchev–Trinajstić information content (AvgIpc) is 2.92. The second kappa shape index (κ2) is 28.9. The fraction of sp³-hybridized carbons (Fsp3) is 0.559. The molecule has 0 spiro atoms. The molecule has 0 bridgehead atoms. The van der Waals surface area contributed by atoms with Crippen LogP contribution in [-0.4, -0.2) is 12.8 Å². The monoisotopic (exact) mass is 498 g/mol. The second-order valence-electron chi connectivity index (χ2n) is 8.56. The van der Waals surface area contributed by atoms with Crippen LogP contribution in [0.25, 0.3) is 0 Å². The van der Waals surface area contributed by atoms with Crippen molar-refractivity contribution in [2.75, 3.05) is 7.05 Å². The number of allylic oxidation sites excluding steroid dienone is 6. The molecule has 0 amide bonds. The summed E-state index contributed by atoms with van der Waals surface area (Å²) in [4.78, 5) is 4.06. The van der Waals surface area contributed by atoms with Gasteiger partial charge in [0.15, 0.2) is 0 Å². The van der Waals surface area contributed by atoms with Gasteiger partial charge in [-0.2, -0.15) is 0 Å². The van der Waals surface area contributed by atoms with E-state index in [-0.39, 0.29) is 0 Å². The normalized spacial score (nSPS) is 10.9. The summed E-state index contributed by atoms with van der Waals surface area (Å²) >= 11 is 0. The molecule has 0 aliphatic rings. The van der Waals surface area contributed by atoms with E-state index < -0.39 is 0 Å². The highest BCUT2D eigenvalue weighted by Gasteiger charge is 2.02. The number of benzene rings is 1. The standard InChI is InChI=1S/C13H22N2.C10H14.C7H14.2C2H6/c1-9(2)7-8-10(3)11(4)13(14)12(5)15-6;1-3-9-5-7-10(4-2)8-6-9;1-4-5-6-7(2)3;2*1-2/h7-9H,3,14H2,1-2,4-6H3;5-8H,3-4H2,1-2H3;2,4-6H2,1,3H3;2*1-2H3/b8-7+,13-11+,15-12?;;;;. The molecular weight excluding hydrogens is 436 g/mol. The summed E-state index contributed by atoms with van der Waals surface area (Å²) < 4.78 is 0. The number of rotatable bonds is 9. The van der Waals surface area contributed by atoms with Gasteiger partial charge >= 0.3 is 0 Å². The Hall–Kier alpha value is -2.35. The fourth-order valence-corrected chi connectivity index (χ4v) is 2.49. The van der Waals surface area contributed by atoms with Gasteiger partial charge in [0.25, 0.3) is 0 Å². The van der Waals surface area contributed by atoms with E-state index in [1.54, 1.807) is 7.05 Å². The number of nitrogens with two attached hydrogens (primary N) is 1. The van der Waals surface area contributed by atoms with Gasteiger partial charge in [-0.3, -0.25) is 4.99 Å². The van der Waals surface area contributed by atoms with Crippen molar-refractivity contribution in [2.45, 2.75) is 115 Å². The average molecular weight is 499 g/mol. The van der Waals surface area contributed by atoms with Crippen molar-refractivity contribution in [2.24, 2.45) is 16.6 Å². The van der Waals surface area contributed by atoms with E-state index in [1.165, 1.54) is 36.0 Å². The molecule has 208 valence electrons. The summed E-state index contributed by atoms with van der Waals surface area (Å²) in [5.74, 6) is 0.525. The van der Waals surface area contributed by atoms with Gasteiger partial charge in [-0.05, 0) is 74.6 Å². The van der Waals surface area contributed by atoms with Crippen molar-refractivity contribution in [1.82, 2.24) is 0 Å². The molecule has 36 heavy (non-hydrogen) atoms. The van der Waals surface area contributed by atoms with Crippen LogP contribution in [-0.2, 0) is 12.8 Å². The van der Waals surface area contributed by atoms with Crippen LogP contribution in [0.5, 0.6) is 0 Å². The van der Waals surface area contributed by atoms with Gasteiger partial charge in [0.1, 0.15) is 0 Å². The molecule has 0 atom stereocenters. The Morgan fingerprint density at radius 2 is 1.31 bits per heavy atom. The summed E-state index contributed by atoms with van der Waals surface area (Å²) in [6.07, 6.45) is 10.2. The van der Waals surface area contributed by atoms with Crippen molar-refractivity contribution < 1.29 is 0 Å². The Labute approximate surface area is 227 Å². The third-order valence-electron chi connectivity index (χ3n) is 5.09. The summed E-state index contributed by atoms with van der Waals surface area (Å²) in [6.45, 7) is 32.5.